The number of thiazole rings is 1. The highest BCUT2D eigenvalue weighted by molar-refractivity contribution is 9.10. The van der Waals surface area contributed by atoms with Crippen molar-refractivity contribution in [3.8, 4) is 11.5 Å². The van der Waals surface area contributed by atoms with Crippen molar-refractivity contribution in [2.75, 3.05) is 44.3 Å². The van der Waals surface area contributed by atoms with Gasteiger partial charge in [-0.15, -0.1) is 12.4 Å². The number of hydrogen-bond donors (Lipinski definition) is 0. The Morgan fingerprint density at radius 2 is 1.71 bits per heavy atom. The number of ether oxygens (including phenoxy) is 2. The first-order chi connectivity index (χ1) is 14.6. The topological polar surface area (TPSA) is 54.9 Å². The number of anilines is 1. The van der Waals surface area contributed by atoms with E-state index in [1.165, 1.54) is 11.3 Å². The van der Waals surface area contributed by atoms with E-state index in [2.05, 4.69) is 34.7 Å². The fourth-order valence-corrected chi connectivity index (χ4v) is 4.65. The van der Waals surface area contributed by atoms with Gasteiger partial charge in [-0.1, -0.05) is 41.1 Å². The Hall–Kier alpha value is -1.87. The van der Waals surface area contributed by atoms with Gasteiger partial charge < -0.3 is 14.4 Å². The summed E-state index contributed by atoms with van der Waals surface area (Å²) >= 11 is 4.94. The van der Waals surface area contributed by atoms with Gasteiger partial charge in [-0.2, -0.15) is 0 Å². The predicted octanol–water partition coefficient (Wildman–Crippen LogP) is 5.24. The summed E-state index contributed by atoms with van der Waals surface area (Å²) in [6.45, 7) is 8.59. The Bertz CT molecular complexity index is 997. The molecule has 3 aromatic rings. The van der Waals surface area contributed by atoms with Crippen LogP contribution in [0.3, 0.4) is 0 Å². The lowest BCUT2D eigenvalue weighted by atomic mass is 10.2. The van der Waals surface area contributed by atoms with Crippen LogP contribution in [0.5, 0.6) is 11.5 Å². The summed E-state index contributed by atoms with van der Waals surface area (Å²) in [5, 5.41) is 0.687. The summed E-state index contributed by atoms with van der Waals surface area (Å²) in [4.78, 5) is 22.2. The Morgan fingerprint density at radius 3 is 2.35 bits per heavy atom. The second-order valence-corrected chi connectivity index (χ2v) is 8.88. The first-order valence-corrected chi connectivity index (χ1v) is 11.7. The average molecular weight is 527 g/mol. The molecule has 6 nitrogen and oxygen atoms in total. The highest BCUT2D eigenvalue weighted by atomic mass is 79.9. The average Bonchev–Trinajstić information content (AvgIpc) is 3.17. The molecule has 0 aliphatic carbocycles. The van der Waals surface area contributed by atoms with Crippen LogP contribution in [0.25, 0.3) is 10.2 Å². The lowest BCUT2D eigenvalue weighted by Gasteiger charge is -2.24. The van der Waals surface area contributed by atoms with E-state index in [0.717, 1.165) is 40.1 Å². The molecule has 1 amide bonds. The van der Waals surface area contributed by atoms with Crippen molar-refractivity contribution >= 4 is 60.9 Å². The van der Waals surface area contributed by atoms with Gasteiger partial charge in [0.15, 0.2) is 16.6 Å². The number of likely N-dealkylation sites (N-methyl/N-ethyl adjacent to an activating group) is 1. The number of halogens is 2. The molecule has 0 spiro atoms. The molecule has 0 fully saturated rings. The van der Waals surface area contributed by atoms with Crippen LogP contribution in [0.4, 0.5) is 5.13 Å². The first-order valence-electron chi connectivity index (χ1n) is 10.1. The molecular weight excluding hydrogens is 502 g/mol. The third-order valence-corrected chi connectivity index (χ3v) is 6.71. The van der Waals surface area contributed by atoms with Crippen molar-refractivity contribution in [3.05, 3.63) is 46.4 Å². The maximum Gasteiger partial charge on any atom is 0.260 e. The monoisotopic (exact) mass is 525 g/mol. The quantitative estimate of drug-likeness (QED) is 0.421. The molecule has 0 saturated heterocycles. The van der Waals surface area contributed by atoms with Crippen molar-refractivity contribution in [1.82, 2.24) is 9.88 Å². The molecule has 1 aliphatic heterocycles. The van der Waals surface area contributed by atoms with Crippen molar-refractivity contribution < 1.29 is 14.3 Å². The molecule has 0 radical (unpaired) electrons. The summed E-state index contributed by atoms with van der Waals surface area (Å²) in [6, 6.07) is 11.3. The highest BCUT2D eigenvalue weighted by Gasteiger charge is 2.23. The van der Waals surface area contributed by atoms with Crippen LogP contribution in [-0.2, 0) is 0 Å². The van der Waals surface area contributed by atoms with E-state index in [0.29, 0.717) is 36.2 Å². The van der Waals surface area contributed by atoms with Gasteiger partial charge in [0, 0.05) is 35.3 Å². The summed E-state index contributed by atoms with van der Waals surface area (Å²) in [6.07, 6.45) is 0. The molecule has 0 unspecified atom stereocenters. The minimum absolute atomic E-state index is 0. The van der Waals surface area contributed by atoms with E-state index in [1.54, 1.807) is 4.90 Å². The van der Waals surface area contributed by atoms with Gasteiger partial charge in [-0.05, 0) is 37.4 Å². The number of benzene rings is 2. The molecule has 9 heteroatoms. The first kappa shape index (κ1) is 23.8. The lowest BCUT2D eigenvalue weighted by molar-refractivity contribution is 0.0984. The standard InChI is InChI=1S/C22H24BrN3O3S.ClH/c1-3-25(4-2)9-10-26(21(27)15-5-7-16(23)8-6-15)22-24-17-13-18-19(14-20(17)30-22)29-12-11-28-18;/h5-8,13-14H,3-4,9-12H2,1-2H3;1H. The molecule has 0 N–H and O–H groups in total. The van der Waals surface area contributed by atoms with Crippen LogP contribution < -0.4 is 14.4 Å². The van der Waals surface area contributed by atoms with Gasteiger partial charge in [-0.3, -0.25) is 9.69 Å². The van der Waals surface area contributed by atoms with Crippen molar-refractivity contribution in [3.63, 3.8) is 0 Å². The molecule has 2 heterocycles. The van der Waals surface area contributed by atoms with Crippen LogP contribution in [0.2, 0.25) is 0 Å². The summed E-state index contributed by atoms with van der Waals surface area (Å²) in [5.74, 6) is 1.39. The third kappa shape index (κ3) is 5.31. The minimum atomic E-state index is -0.0500. The molecule has 166 valence electrons. The molecule has 31 heavy (non-hydrogen) atoms. The number of carbonyl (C=O) groups excluding carboxylic acids is 1. The Kier molecular flexibility index (Phi) is 8.16. The fourth-order valence-electron chi connectivity index (χ4n) is 3.38. The van der Waals surface area contributed by atoms with E-state index in [9.17, 15) is 4.79 Å². The van der Waals surface area contributed by atoms with Gasteiger partial charge in [0.2, 0.25) is 0 Å². The van der Waals surface area contributed by atoms with E-state index in [1.807, 2.05) is 36.4 Å². The maximum absolute atomic E-state index is 13.4. The number of nitrogens with zero attached hydrogens (tertiary/aromatic N) is 3. The van der Waals surface area contributed by atoms with Gasteiger partial charge in [-0.25, -0.2) is 4.98 Å². The van der Waals surface area contributed by atoms with Crippen molar-refractivity contribution in [1.29, 1.82) is 0 Å². The largest absolute Gasteiger partial charge is 0.486 e. The summed E-state index contributed by atoms with van der Waals surface area (Å²) in [5.41, 5.74) is 1.46. The number of hydrogen-bond acceptors (Lipinski definition) is 6. The number of carbonyl (C=O) groups is 1. The number of rotatable bonds is 7. The van der Waals surface area contributed by atoms with E-state index in [-0.39, 0.29) is 18.3 Å². The smallest absolute Gasteiger partial charge is 0.260 e. The second-order valence-electron chi connectivity index (χ2n) is 6.95. The molecular formula is C22H25BrClN3O3S. The normalized spacial score (nSPS) is 12.6. The molecule has 0 atom stereocenters. The molecule has 2 aromatic carbocycles. The predicted molar refractivity (Wildman–Crippen MR) is 131 cm³/mol. The summed E-state index contributed by atoms with van der Waals surface area (Å²) < 4.78 is 13.3. The van der Waals surface area contributed by atoms with E-state index >= 15 is 0 Å². The van der Waals surface area contributed by atoms with E-state index < -0.39 is 0 Å². The van der Waals surface area contributed by atoms with Gasteiger partial charge in [0.25, 0.3) is 5.91 Å². The van der Waals surface area contributed by atoms with Gasteiger partial charge >= 0.3 is 0 Å². The zero-order chi connectivity index (χ0) is 21.1. The number of fused-ring (bicyclic) bond motifs is 2. The van der Waals surface area contributed by atoms with Crippen molar-refractivity contribution in [2.24, 2.45) is 0 Å². The molecule has 4 rings (SSSR count). The molecule has 0 bridgehead atoms. The Labute approximate surface area is 200 Å². The second kappa shape index (κ2) is 10.6. The van der Waals surface area contributed by atoms with Gasteiger partial charge in [0.05, 0.1) is 10.2 Å². The fraction of sp³-hybridized carbons (Fsp3) is 0.364. The van der Waals surface area contributed by atoms with Crippen LogP contribution in [0.15, 0.2) is 40.9 Å². The zero-order valence-electron chi connectivity index (χ0n) is 17.5. The molecule has 1 aromatic heterocycles. The molecule has 0 saturated carbocycles. The number of amides is 1. The summed E-state index contributed by atoms with van der Waals surface area (Å²) in [7, 11) is 0. The Balaban J connectivity index is 0.00000272. The van der Waals surface area contributed by atoms with Crippen LogP contribution >= 0.6 is 39.7 Å². The van der Waals surface area contributed by atoms with Crippen LogP contribution in [0.1, 0.15) is 24.2 Å². The molecule has 1 aliphatic rings. The lowest BCUT2D eigenvalue weighted by Crippen LogP contribution is -2.38. The van der Waals surface area contributed by atoms with Crippen LogP contribution in [-0.4, -0.2) is 55.2 Å². The zero-order valence-corrected chi connectivity index (χ0v) is 20.7. The van der Waals surface area contributed by atoms with Crippen LogP contribution in [0, 0.1) is 0 Å². The third-order valence-electron chi connectivity index (χ3n) is 5.14. The highest BCUT2D eigenvalue weighted by Crippen LogP contribution is 2.39. The van der Waals surface area contributed by atoms with E-state index in [4.69, 9.17) is 14.5 Å². The van der Waals surface area contributed by atoms with Gasteiger partial charge in [0.1, 0.15) is 13.2 Å². The number of aromatic nitrogens is 1. The minimum Gasteiger partial charge on any atom is -0.486 e. The Morgan fingerprint density at radius 1 is 1.06 bits per heavy atom. The van der Waals surface area contributed by atoms with Crippen molar-refractivity contribution in [2.45, 2.75) is 13.8 Å². The maximum atomic E-state index is 13.4. The SMILES string of the molecule is CCN(CC)CCN(C(=O)c1ccc(Br)cc1)c1nc2cc3c(cc2s1)OCCO3.Cl.